The largest absolute Gasteiger partial charge is 0.329 e. The van der Waals surface area contributed by atoms with Crippen molar-refractivity contribution in [1.82, 2.24) is 0 Å². The average Bonchev–Trinajstić information content (AvgIpc) is 2.16. The molecule has 1 aromatic carbocycles. The minimum atomic E-state index is -0.217. The van der Waals surface area contributed by atoms with Crippen LogP contribution in [0, 0.1) is 11.3 Å². The molecule has 0 fully saturated rings. The highest BCUT2D eigenvalue weighted by molar-refractivity contribution is 6.31. The Kier molecular flexibility index (Phi) is 3.26. The lowest BCUT2D eigenvalue weighted by molar-refractivity contribution is 0.737. The molecule has 0 saturated heterocycles. The van der Waals surface area contributed by atoms with Crippen molar-refractivity contribution in [3.63, 3.8) is 0 Å². The van der Waals surface area contributed by atoms with Crippen molar-refractivity contribution in [3.05, 3.63) is 34.3 Å². The van der Waals surface area contributed by atoms with Crippen LogP contribution in [-0.2, 0) is 0 Å². The molecule has 0 amide bonds. The second-order valence-corrected chi connectivity index (χ2v) is 3.10. The molecule has 0 aliphatic heterocycles. The van der Waals surface area contributed by atoms with Crippen LogP contribution in [0.25, 0.3) is 0 Å². The zero-order chi connectivity index (χ0) is 9.84. The lowest BCUT2D eigenvalue weighted by atomic mass is 10.1. The highest BCUT2D eigenvalue weighted by Gasteiger charge is 2.06. The summed E-state index contributed by atoms with van der Waals surface area (Å²) in [7, 11) is 0. The number of hydrogen-bond acceptors (Lipinski definition) is 3. The molecule has 4 N–H and O–H groups in total. The van der Waals surface area contributed by atoms with Crippen LogP contribution in [0.3, 0.4) is 0 Å². The molecule has 0 radical (unpaired) electrons. The van der Waals surface area contributed by atoms with Gasteiger partial charge in [-0.25, -0.2) is 0 Å². The van der Waals surface area contributed by atoms with Crippen LogP contribution >= 0.6 is 11.6 Å². The van der Waals surface area contributed by atoms with E-state index in [1.165, 1.54) is 0 Å². The molecular formula is C9H10ClN3. The number of nitrogens with zero attached hydrogens (tertiary/aromatic N) is 1. The topological polar surface area (TPSA) is 75.8 Å². The van der Waals surface area contributed by atoms with E-state index in [1.807, 2.05) is 6.07 Å². The molecule has 1 aromatic rings. The molecule has 0 aliphatic carbocycles. The summed E-state index contributed by atoms with van der Waals surface area (Å²) in [5.41, 5.74) is 12.4. The molecule has 0 unspecified atom stereocenters. The number of nitriles is 1. The molecule has 0 spiro atoms. The third kappa shape index (κ3) is 2.19. The van der Waals surface area contributed by atoms with Crippen LogP contribution in [0.15, 0.2) is 18.2 Å². The Morgan fingerprint density at radius 2 is 2.23 bits per heavy atom. The van der Waals surface area contributed by atoms with E-state index in [2.05, 4.69) is 0 Å². The molecule has 4 heteroatoms. The van der Waals surface area contributed by atoms with E-state index in [4.69, 9.17) is 28.3 Å². The zero-order valence-corrected chi connectivity index (χ0v) is 7.75. The van der Waals surface area contributed by atoms with E-state index in [9.17, 15) is 0 Å². The fraction of sp³-hybridized carbons (Fsp3) is 0.222. The summed E-state index contributed by atoms with van der Waals surface area (Å²) in [6.45, 7) is 0.363. The van der Waals surface area contributed by atoms with Crippen molar-refractivity contribution in [1.29, 1.82) is 5.26 Å². The van der Waals surface area contributed by atoms with Crippen LogP contribution in [-0.4, -0.2) is 6.54 Å². The Morgan fingerprint density at radius 3 is 2.69 bits per heavy atom. The third-order valence-electron chi connectivity index (χ3n) is 1.80. The first kappa shape index (κ1) is 10.0. The van der Waals surface area contributed by atoms with Gasteiger partial charge in [0.15, 0.2) is 0 Å². The van der Waals surface area contributed by atoms with Crippen LogP contribution in [0.2, 0.25) is 5.02 Å². The van der Waals surface area contributed by atoms with Gasteiger partial charge in [-0.3, -0.25) is 0 Å². The van der Waals surface area contributed by atoms with Crippen molar-refractivity contribution in [2.75, 3.05) is 6.54 Å². The maximum Gasteiger partial charge on any atom is 0.101 e. The number of hydrogen-bond donors (Lipinski definition) is 2. The Morgan fingerprint density at radius 1 is 1.54 bits per heavy atom. The fourth-order valence-corrected chi connectivity index (χ4v) is 1.22. The highest BCUT2D eigenvalue weighted by atomic mass is 35.5. The normalized spacial score (nSPS) is 12.2. The first-order valence-electron chi connectivity index (χ1n) is 3.84. The SMILES string of the molecule is N#Cc1ccc([C@H](N)CN)cc1Cl. The minimum absolute atomic E-state index is 0.217. The first-order valence-corrected chi connectivity index (χ1v) is 4.22. The van der Waals surface area contributed by atoms with Gasteiger partial charge in [-0.2, -0.15) is 5.26 Å². The molecule has 0 bridgehead atoms. The molecule has 1 rings (SSSR count). The Hall–Kier alpha value is -1.08. The van der Waals surface area contributed by atoms with Crippen LogP contribution in [0.4, 0.5) is 0 Å². The maximum absolute atomic E-state index is 8.61. The van der Waals surface area contributed by atoms with E-state index in [-0.39, 0.29) is 6.04 Å². The quantitative estimate of drug-likeness (QED) is 0.744. The second-order valence-electron chi connectivity index (χ2n) is 2.69. The van der Waals surface area contributed by atoms with E-state index in [0.29, 0.717) is 17.1 Å². The molecule has 0 heterocycles. The predicted octanol–water partition coefficient (Wildman–Crippen LogP) is 1.17. The first-order chi connectivity index (χ1) is 6.19. The standard InChI is InChI=1S/C9H10ClN3/c10-8-3-6(9(13)5-12)1-2-7(8)4-11/h1-3,9H,5,12-13H2/t9-/m1/s1. The summed E-state index contributed by atoms with van der Waals surface area (Å²) in [6, 6.07) is 6.85. The van der Waals surface area contributed by atoms with Gasteiger partial charge in [0, 0.05) is 12.6 Å². The summed E-state index contributed by atoms with van der Waals surface area (Å²) in [5, 5.41) is 9.04. The monoisotopic (exact) mass is 195 g/mol. The number of rotatable bonds is 2. The predicted molar refractivity (Wildman–Crippen MR) is 52.1 cm³/mol. The van der Waals surface area contributed by atoms with Gasteiger partial charge in [0.25, 0.3) is 0 Å². The molecule has 1 atom stereocenters. The van der Waals surface area contributed by atoms with Crippen molar-refractivity contribution >= 4 is 11.6 Å². The molecule has 0 saturated carbocycles. The van der Waals surface area contributed by atoms with Gasteiger partial charge in [0.2, 0.25) is 0 Å². The summed E-state index contributed by atoms with van der Waals surface area (Å²) >= 11 is 5.81. The van der Waals surface area contributed by atoms with E-state index >= 15 is 0 Å². The van der Waals surface area contributed by atoms with Gasteiger partial charge in [-0.1, -0.05) is 17.7 Å². The smallest absolute Gasteiger partial charge is 0.101 e. The van der Waals surface area contributed by atoms with Crippen molar-refractivity contribution in [2.45, 2.75) is 6.04 Å². The van der Waals surface area contributed by atoms with Crippen molar-refractivity contribution < 1.29 is 0 Å². The Bertz CT molecular complexity index is 343. The summed E-state index contributed by atoms with van der Waals surface area (Å²) < 4.78 is 0. The molecule has 3 nitrogen and oxygen atoms in total. The van der Waals surface area contributed by atoms with Gasteiger partial charge in [0.1, 0.15) is 6.07 Å². The summed E-state index contributed by atoms with van der Waals surface area (Å²) in [5.74, 6) is 0. The van der Waals surface area contributed by atoms with Crippen LogP contribution in [0.5, 0.6) is 0 Å². The minimum Gasteiger partial charge on any atom is -0.329 e. The Balaban J connectivity index is 3.04. The number of nitrogens with two attached hydrogens (primary N) is 2. The zero-order valence-electron chi connectivity index (χ0n) is 7.00. The molecule has 0 aromatic heterocycles. The van der Waals surface area contributed by atoms with Crippen LogP contribution in [0.1, 0.15) is 17.2 Å². The summed E-state index contributed by atoms with van der Waals surface area (Å²) in [4.78, 5) is 0. The van der Waals surface area contributed by atoms with Crippen molar-refractivity contribution in [2.24, 2.45) is 11.5 Å². The highest BCUT2D eigenvalue weighted by Crippen LogP contribution is 2.19. The van der Waals surface area contributed by atoms with E-state index in [1.54, 1.807) is 18.2 Å². The van der Waals surface area contributed by atoms with Crippen LogP contribution < -0.4 is 11.5 Å². The summed E-state index contributed by atoms with van der Waals surface area (Å²) in [6.07, 6.45) is 0. The van der Waals surface area contributed by atoms with E-state index in [0.717, 1.165) is 5.56 Å². The Labute approximate surface area is 81.9 Å². The van der Waals surface area contributed by atoms with Gasteiger partial charge in [0.05, 0.1) is 10.6 Å². The molecule has 68 valence electrons. The number of benzene rings is 1. The third-order valence-corrected chi connectivity index (χ3v) is 2.11. The number of halogens is 1. The van der Waals surface area contributed by atoms with Gasteiger partial charge >= 0.3 is 0 Å². The van der Waals surface area contributed by atoms with Gasteiger partial charge in [-0.15, -0.1) is 0 Å². The van der Waals surface area contributed by atoms with Crippen molar-refractivity contribution in [3.8, 4) is 6.07 Å². The molecule has 0 aliphatic rings. The second kappa shape index (κ2) is 4.24. The maximum atomic E-state index is 8.61. The lowest BCUT2D eigenvalue weighted by Gasteiger charge is -2.09. The average molecular weight is 196 g/mol. The van der Waals surface area contributed by atoms with E-state index < -0.39 is 0 Å². The molecule has 13 heavy (non-hydrogen) atoms. The fourth-order valence-electron chi connectivity index (χ4n) is 0.989. The van der Waals surface area contributed by atoms with Gasteiger partial charge in [-0.05, 0) is 17.7 Å². The molecular weight excluding hydrogens is 186 g/mol. The van der Waals surface area contributed by atoms with Gasteiger partial charge < -0.3 is 11.5 Å². The lowest BCUT2D eigenvalue weighted by Crippen LogP contribution is -2.20.